The van der Waals surface area contributed by atoms with Crippen LogP contribution in [-0.4, -0.2) is 17.6 Å². The van der Waals surface area contributed by atoms with Gasteiger partial charge in [0.1, 0.15) is 5.82 Å². The first-order chi connectivity index (χ1) is 10.1. The molecule has 0 radical (unpaired) electrons. The maximum atomic E-state index is 13.3. The van der Waals surface area contributed by atoms with Gasteiger partial charge in [-0.05, 0) is 42.4 Å². The molecule has 0 atom stereocenters. The summed E-state index contributed by atoms with van der Waals surface area (Å²) in [6.07, 6.45) is 6.33. The number of hydrogen-bond acceptors (Lipinski definition) is 3. The fraction of sp³-hybridized carbons (Fsp3) is 0.562. The van der Waals surface area contributed by atoms with E-state index in [2.05, 4.69) is 17.4 Å². The Morgan fingerprint density at radius 1 is 1.43 bits per heavy atom. The van der Waals surface area contributed by atoms with Gasteiger partial charge in [-0.1, -0.05) is 31.0 Å². The van der Waals surface area contributed by atoms with E-state index >= 15 is 0 Å². The van der Waals surface area contributed by atoms with Crippen molar-refractivity contribution in [3.63, 3.8) is 0 Å². The molecule has 2 rings (SSSR count). The number of amidine groups is 1. The van der Waals surface area contributed by atoms with Gasteiger partial charge in [0, 0.05) is 18.7 Å². The zero-order chi connectivity index (χ0) is 15.3. The lowest BCUT2D eigenvalue weighted by Crippen LogP contribution is -2.32. The van der Waals surface area contributed by atoms with Crippen LogP contribution in [0.15, 0.2) is 23.4 Å². The van der Waals surface area contributed by atoms with Crippen molar-refractivity contribution in [2.75, 3.05) is 6.54 Å². The Hall–Kier alpha value is -1.62. The minimum absolute atomic E-state index is 0.0580. The van der Waals surface area contributed by atoms with Crippen molar-refractivity contribution in [1.29, 1.82) is 0 Å². The lowest BCUT2D eigenvalue weighted by molar-refractivity contribution is 0.268. The minimum atomic E-state index is -0.388. The quantitative estimate of drug-likeness (QED) is 0.327. The van der Waals surface area contributed by atoms with Gasteiger partial charge in [0.2, 0.25) is 0 Å². The Morgan fingerprint density at radius 3 is 2.76 bits per heavy atom. The number of nitrogens with one attached hydrogen (secondary N) is 1. The Balaban J connectivity index is 2.03. The standard InChI is InChI=1S/C16H24FN3O/c1-2-16(7-3-4-8-16)11-19-10-12-5-6-13(17)9-14(12)15(18)20-21/h5-6,9,19,21H,2-4,7-8,10-11H2,1H3,(H2,18,20). The van der Waals surface area contributed by atoms with Gasteiger partial charge in [0.05, 0.1) is 0 Å². The predicted octanol–water partition coefficient (Wildman–Crippen LogP) is 2.98. The van der Waals surface area contributed by atoms with Crippen LogP contribution in [0.25, 0.3) is 0 Å². The maximum absolute atomic E-state index is 13.3. The second-order valence-corrected chi connectivity index (χ2v) is 5.95. The van der Waals surface area contributed by atoms with Crippen LogP contribution < -0.4 is 11.1 Å². The predicted molar refractivity (Wildman–Crippen MR) is 81.8 cm³/mol. The van der Waals surface area contributed by atoms with E-state index in [-0.39, 0.29) is 11.7 Å². The summed E-state index contributed by atoms with van der Waals surface area (Å²) in [5, 5.41) is 15.2. The molecule has 1 aromatic rings. The normalized spacial score (nSPS) is 18.1. The van der Waals surface area contributed by atoms with Crippen molar-refractivity contribution < 1.29 is 9.60 Å². The Kier molecular flexibility index (Phi) is 5.17. The van der Waals surface area contributed by atoms with Gasteiger partial charge >= 0.3 is 0 Å². The lowest BCUT2D eigenvalue weighted by atomic mass is 9.83. The molecule has 1 aliphatic carbocycles. The third-order valence-corrected chi connectivity index (χ3v) is 4.69. The first-order valence-corrected chi connectivity index (χ1v) is 7.57. The van der Waals surface area contributed by atoms with Crippen LogP contribution >= 0.6 is 0 Å². The molecule has 0 aromatic heterocycles. The summed E-state index contributed by atoms with van der Waals surface area (Å²) in [6.45, 7) is 3.79. The SMILES string of the molecule is CCC1(CNCc2ccc(F)cc2/C(N)=N/O)CCCC1. The molecule has 1 aliphatic rings. The summed E-state index contributed by atoms with van der Waals surface area (Å²) in [4.78, 5) is 0. The third-order valence-electron chi connectivity index (χ3n) is 4.69. The molecule has 0 heterocycles. The monoisotopic (exact) mass is 293 g/mol. The largest absolute Gasteiger partial charge is 0.409 e. The summed E-state index contributed by atoms with van der Waals surface area (Å²) in [5.41, 5.74) is 7.30. The van der Waals surface area contributed by atoms with E-state index in [1.54, 1.807) is 6.07 Å². The molecule has 1 aromatic carbocycles. The number of oxime groups is 1. The van der Waals surface area contributed by atoms with Crippen molar-refractivity contribution in [1.82, 2.24) is 5.32 Å². The van der Waals surface area contributed by atoms with Crippen LogP contribution in [0.3, 0.4) is 0 Å². The Morgan fingerprint density at radius 2 is 2.14 bits per heavy atom. The molecule has 0 bridgehead atoms. The molecular formula is C16H24FN3O. The fourth-order valence-electron chi connectivity index (χ4n) is 3.24. The molecule has 0 aliphatic heterocycles. The molecule has 1 saturated carbocycles. The van der Waals surface area contributed by atoms with Crippen molar-refractivity contribution in [2.24, 2.45) is 16.3 Å². The smallest absolute Gasteiger partial charge is 0.170 e. The van der Waals surface area contributed by atoms with Crippen LogP contribution in [0.1, 0.15) is 50.2 Å². The van der Waals surface area contributed by atoms with Gasteiger partial charge in [-0.3, -0.25) is 0 Å². The number of nitrogens with two attached hydrogens (primary N) is 1. The third kappa shape index (κ3) is 3.73. The fourth-order valence-corrected chi connectivity index (χ4v) is 3.24. The number of halogens is 1. The Labute approximate surface area is 125 Å². The van der Waals surface area contributed by atoms with Gasteiger partial charge < -0.3 is 16.3 Å². The van der Waals surface area contributed by atoms with E-state index in [1.165, 1.54) is 44.2 Å². The average molecular weight is 293 g/mol. The number of nitrogens with zero attached hydrogens (tertiary/aromatic N) is 1. The summed E-state index contributed by atoms with van der Waals surface area (Å²) in [5.74, 6) is -0.446. The highest BCUT2D eigenvalue weighted by Gasteiger charge is 2.31. The number of rotatable bonds is 6. The van der Waals surface area contributed by atoms with E-state index in [9.17, 15) is 4.39 Å². The molecule has 4 N–H and O–H groups in total. The molecule has 4 nitrogen and oxygen atoms in total. The van der Waals surface area contributed by atoms with Crippen molar-refractivity contribution >= 4 is 5.84 Å². The molecule has 1 fully saturated rings. The van der Waals surface area contributed by atoms with Crippen molar-refractivity contribution in [3.05, 3.63) is 35.1 Å². The molecular weight excluding hydrogens is 269 g/mol. The van der Waals surface area contributed by atoms with Gasteiger partial charge in [0.25, 0.3) is 0 Å². The highest BCUT2D eigenvalue weighted by atomic mass is 19.1. The number of benzene rings is 1. The van der Waals surface area contributed by atoms with Crippen LogP contribution in [0.4, 0.5) is 4.39 Å². The molecule has 21 heavy (non-hydrogen) atoms. The zero-order valence-corrected chi connectivity index (χ0v) is 12.5. The molecule has 116 valence electrons. The topological polar surface area (TPSA) is 70.6 Å². The van der Waals surface area contributed by atoms with Crippen molar-refractivity contribution in [2.45, 2.75) is 45.6 Å². The second-order valence-electron chi connectivity index (χ2n) is 5.95. The van der Waals surface area contributed by atoms with Crippen LogP contribution in [-0.2, 0) is 6.54 Å². The van der Waals surface area contributed by atoms with Crippen LogP contribution in [0, 0.1) is 11.2 Å². The minimum Gasteiger partial charge on any atom is -0.409 e. The van der Waals surface area contributed by atoms with E-state index < -0.39 is 0 Å². The van der Waals surface area contributed by atoms with Gasteiger partial charge in [-0.25, -0.2) is 4.39 Å². The van der Waals surface area contributed by atoms with Crippen molar-refractivity contribution in [3.8, 4) is 0 Å². The number of hydrogen-bond donors (Lipinski definition) is 3. The summed E-state index contributed by atoms with van der Waals surface area (Å²) in [6, 6.07) is 4.39. The van der Waals surface area contributed by atoms with Gasteiger partial charge in [-0.15, -0.1) is 0 Å². The van der Waals surface area contributed by atoms with Crippen LogP contribution in [0.5, 0.6) is 0 Å². The van der Waals surface area contributed by atoms with E-state index in [0.29, 0.717) is 17.5 Å². The van der Waals surface area contributed by atoms with E-state index in [4.69, 9.17) is 10.9 Å². The van der Waals surface area contributed by atoms with E-state index in [1.807, 2.05) is 0 Å². The molecule has 0 saturated heterocycles. The first-order valence-electron chi connectivity index (χ1n) is 7.57. The Bertz CT molecular complexity index is 510. The van der Waals surface area contributed by atoms with Gasteiger partial charge in [0.15, 0.2) is 5.84 Å². The van der Waals surface area contributed by atoms with Crippen LogP contribution in [0.2, 0.25) is 0 Å². The molecule has 0 spiro atoms. The average Bonchev–Trinajstić information content (AvgIpc) is 2.97. The van der Waals surface area contributed by atoms with E-state index in [0.717, 1.165) is 12.1 Å². The summed E-state index contributed by atoms with van der Waals surface area (Å²) in [7, 11) is 0. The summed E-state index contributed by atoms with van der Waals surface area (Å²) >= 11 is 0. The van der Waals surface area contributed by atoms with Gasteiger partial charge in [-0.2, -0.15) is 0 Å². The summed E-state index contributed by atoms with van der Waals surface area (Å²) < 4.78 is 13.3. The lowest BCUT2D eigenvalue weighted by Gasteiger charge is -2.28. The maximum Gasteiger partial charge on any atom is 0.170 e. The zero-order valence-electron chi connectivity index (χ0n) is 12.5. The second kappa shape index (κ2) is 6.89. The first kappa shape index (κ1) is 15.8. The highest BCUT2D eigenvalue weighted by Crippen LogP contribution is 2.40. The molecule has 0 unspecified atom stereocenters. The highest BCUT2D eigenvalue weighted by molar-refractivity contribution is 5.98. The molecule has 0 amide bonds. The molecule has 5 heteroatoms.